The van der Waals surface area contributed by atoms with Gasteiger partial charge in [-0.05, 0) is 19.8 Å². The van der Waals surface area contributed by atoms with Crippen molar-refractivity contribution >= 4 is 11.7 Å². The summed E-state index contributed by atoms with van der Waals surface area (Å²) in [5.41, 5.74) is 0.928. The van der Waals surface area contributed by atoms with Gasteiger partial charge in [0.2, 0.25) is 5.91 Å². The number of amides is 1. The van der Waals surface area contributed by atoms with Crippen LogP contribution in [0.15, 0.2) is 6.07 Å². The second-order valence-electron chi connectivity index (χ2n) is 3.40. The van der Waals surface area contributed by atoms with Crippen molar-refractivity contribution in [3.8, 4) is 12.3 Å². The average Bonchev–Trinajstić information content (AvgIpc) is 2.59. The van der Waals surface area contributed by atoms with Gasteiger partial charge in [-0.15, -0.1) is 12.3 Å². The lowest BCUT2D eigenvalue weighted by atomic mass is 10.2. The van der Waals surface area contributed by atoms with Gasteiger partial charge in [0.1, 0.15) is 0 Å². The van der Waals surface area contributed by atoms with Crippen LogP contribution in [0.2, 0.25) is 0 Å². The predicted molar refractivity (Wildman–Crippen MR) is 59.3 cm³/mol. The molecule has 15 heavy (non-hydrogen) atoms. The van der Waals surface area contributed by atoms with E-state index in [0.29, 0.717) is 12.2 Å². The molecule has 0 aromatic carbocycles. The Balaban J connectivity index is 2.22. The highest BCUT2D eigenvalue weighted by Crippen LogP contribution is 2.06. The van der Waals surface area contributed by atoms with Crippen molar-refractivity contribution in [3.05, 3.63) is 11.8 Å². The van der Waals surface area contributed by atoms with Crippen molar-refractivity contribution in [2.24, 2.45) is 0 Å². The van der Waals surface area contributed by atoms with Crippen LogP contribution in [0.25, 0.3) is 0 Å². The molecule has 0 bridgehead atoms. The van der Waals surface area contributed by atoms with Crippen molar-refractivity contribution in [1.82, 2.24) is 10.2 Å². The maximum absolute atomic E-state index is 11.4. The first-order valence-corrected chi connectivity index (χ1v) is 4.97. The zero-order valence-electron chi connectivity index (χ0n) is 8.84. The second kappa shape index (κ2) is 5.86. The average molecular weight is 205 g/mol. The standard InChI is InChI=1S/C11H15N3O/c1-3-4-5-6-7-11(15)12-10-8-9(2)13-14-10/h1,8H,4-7H2,2H3,(H2,12,13,14,15). The number of unbranched alkanes of at least 4 members (excludes halogenated alkanes) is 2. The number of aryl methyl sites for hydroxylation is 1. The minimum Gasteiger partial charge on any atom is -0.309 e. The Kier molecular flexibility index (Phi) is 4.42. The molecule has 80 valence electrons. The monoisotopic (exact) mass is 205 g/mol. The Labute approximate surface area is 89.5 Å². The minimum absolute atomic E-state index is 0.0153. The van der Waals surface area contributed by atoms with E-state index >= 15 is 0 Å². The molecule has 2 N–H and O–H groups in total. The summed E-state index contributed by atoms with van der Waals surface area (Å²) in [6, 6.07) is 1.79. The van der Waals surface area contributed by atoms with E-state index < -0.39 is 0 Å². The molecule has 0 aliphatic rings. The number of H-pyrrole nitrogens is 1. The Morgan fingerprint density at radius 1 is 1.67 bits per heavy atom. The Bertz CT molecular complexity index is 362. The van der Waals surface area contributed by atoms with E-state index in [1.165, 1.54) is 0 Å². The summed E-state index contributed by atoms with van der Waals surface area (Å²) >= 11 is 0. The fourth-order valence-corrected chi connectivity index (χ4v) is 1.20. The molecular weight excluding hydrogens is 190 g/mol. The summed E-state index contributed by atoms with van der Waals surface area (Å²) < 4.78 is 0. The maximum Gasteiger partial charge on any atom is 0.225 e. The van der Waals surface area contributed by atoms with Crippen LogP contribution in [0.5, 0.6) is 0 Å². The van der Waals surface area contributed by atoms with Gasteiger partial charge in [0.05, 0.1) is 0 Å². The molecular formula is C11H15N3O. The highest BCUT2D eigenvalue weighted by Gasteiger charge is 2.03. The molecule has 0 unspecified atom stereocenters. The molecule has 1 aromatic rings. The highest BCUT2D eigenvalue weighted by atomic mass is 16.1. The topological polar surface area (TPSA) is 57.8 Å². The van der Waals surface area contributed by atoms with Crippen LogP contribution < -0.4 is 5.32 Å². The zero-order valence-corrected chi connectivity index (χ0v) is 8.84. The van der Waals surface area contributed by atoms with Gasteiger partial charge in [-0.2, -0.15) is 5.10 Å². The van der Waals surface area contributed by atoms with Gasteiger partial charge in [0.25, 0.3) is 0 Å². The largest absolute Gasteiger partial charge is 0.309 e. The third kappa shape index (κ3) is 4.32. The Hall–Kier alpha value is -1.76. The van der Waals surface area contributed by atoms with Gasteiger partial charge < -0.3 is 5.32 Å². The van der Waals surface area contributed by atoms with E-state index in [9.17, 15) is 4.79 Å². The number of hydrogen-bond donors (Lipinski definition) is 2. The molecule has 0 aliphatic heterocycles. The van der Waals surface area contributed by atoms with Crippen molar-refractivity contribution in [2.45, 2.75) is 32.6 Å². The molecule has 0 saturated heterocycles. The summed E-state index contributed by atoms with van der Waals surface area (Å²) in [7, 11) is 0. The number of terminal acetylenes is 1. The van der Waals surface area contributed by atoms with Crippen LogP contribution >= 0.6 is 0 Å². The SMILES string of the molecule is C#CCCCCC(=O)Nc1cc(C)[nH]n1. The number of aromatic nitrogens is 2. The van der Waals surface area contributed by atoms with Gasteiger partial charge in [-0.3, -0.25) is 9.89 Å². The summed E-state index contributed by atoms with van der Waals surface area (Å²) in [5, 5.41) is 9.38. The number of aromatic amines is 1. The lowest BCUT2D eigenvalue weighted by Gasteiger charge is -1.99. The van der Waals surface area contributed by atoms with Crippen molar-refractivity contribution < 1.29 is 4.79 Å². The smallest absolute Gasteiger partial charge is 0.225 e. The van der Waals surface area contributed by atoms with Gasteiger partial charge in [0.15, 0.2) is 5.82 Å². The molecule has 1 rings (SSSR count). The number of anilines is 1. The molecule has 1 heterocycles. The summed E-state index contributed by atoms with van der Waals surface area (Å²) in [4.78, 5) is 11.4. The maximum atomic E-state index is 11.4. The molecule has 0 atom stereocenters. The normalized spacial score (nSPS) is 9.60. The minimum atomic E-state index is -0.0153. The quantitative estimate of drug-likeness (QED) is 0.569. The number of nitrogens with one attached hydrogen (secondary N) is 2. The summed E-state index contributed by atoms with van der Waals surface area (Å²) in [6.45, 7) is 1.88. The highest BCUT2D eigenvalue weighted by molar-refractivity contribution is 5.89. The van der Waals surface area contributed by atoms with Crippen molar-refractivity contribution in [2.75, 3.05) is 5.32 Å². The summed E-state index contributed by atoms with van der Waals surface area (Å²) in [5.74, 6) is 3.11. The van der Waals surface area contributed by atoms with Crippen LogP contribution in [0.1, 0.15) is 31.4 Å². The van der Waals surface area contributed by atoms with E-state index in [-0.39, 0.29) is 5.91 Å². The number of hydrogen-bond acceptors (Lipinski definition) is 2. The first-order chi connectivity index (χ1) is 7.22. The number of rotatable bonds is 5. The van der Waals surface area contributed by atoms with Crippen LogP contribution in [0, 0.1) is 19.3 Å². The van der Waals surface area contributed by atoms with Gasteiger partial charge in [-0.25, -0.2) is 0 Å². The van der Waals surface area contributed by atoms with Crippen LogP contribution in [-0.4, -0.2) is 16.1 Å². The molecule has 0 saturated carbocycles. The lowest BCUT2D eigenvalue weighted by molar-refractivity contribution is -0.116. The Morgan fingerprint density at radius 3 is 3.07 bits per heavy atom. The van der Waals surface area contributed by atoms with E-state index in [1.807, 2.05) is 6.92 Å². The zero-order chi connectivity index (χ0) is 11.1. The third-order valence-corrected chi connectivity index (χ3v) is 1.95. The van der Waals surface area contributed by atoms with Crippen LogP contribution in [0.4, 0.5) is 5.82 Å². The lowest BCUT2D eigenvalue weighted by Crippen LogP contribution is -2.11. The van der Waals surface area contributed by atoms with Crippen molar-refractivity contribution in [1.29, 1.82) is 0 Å². The fourth-order valence-electron chi connectivity index (χ4n) is 1.20. The number of carbonyl (C=O) groups excluding carboxylic acids is 1. The van der Waals surface area contributed by atoms with Gasteiger partial charge in [0, 0.05) is 24.6 Å². The van der Waals surface area contributed by atoms with E-state index in [2.05, 4.69) is 21.4 Å². The first-order valence-electron chi connectivity index (χ1n) is 4.97. The molecule has 0 spiro atoms. The Morgan fingerprint density at radius 2 is 2.47 bits per heavy atom. The van der Waals surface area contributed by atoms with E-state index in [1.54, 1.807) is 6.07 Å². The van der Waals surface area contributed by atoms with E-state index in [0.717, 1.165) is 25.0 Å². The molecule has 0 radical (unpaired) electrons. The predicted octanol–water partition coefficient (Wildman–Crippen LogP) is 1.85. The second-order valence-corrected chi connectivity index (χ2v) is 3.40. The number of nitrogens with zero attached hydrogens (tertiary/aromatic N) is 1. The van der Waals surface area contributed by atoms with Crippen molar-refractivity contribution in [3.63, 3.8) is 0 Å². The molecule has 1 aromatic heterocycles. The fraction of sp³-hybridized carbons (Fsp3) is 0.455. The van der Waals surface area contributed by atoms with Crippen LogP contribution in [-0.2, 0) is 4.79 Å². The molecule has 4 nitrogen and oxygen atoms in total. The van der Waals surface area contributed by atoms with Gasteiger partial charge >= 0.3 is 0 Å². The molecule has 1 amide bonds. The van der Waals surface area contributed by atoms with Gasteiger partial charge in [-0.1, -0.05) is 0 Å². The molecule has 0 aliphatic carbocycles. The van der Waals surface area contributed by atoms with E-state index in [4.69, 9.17) is 6.42 Å². The first kappa shape index (κ1) is 11.3. The van der Waals surface area contributed by atoms with Crippen LogP contribution in [0.3, 0.4) is 0 Å². The molecule has 0 fully saturated rings. The number of carbonyl (C=O) groups is 1. The third-order valence-electron chi connectivity index (χ3n) is 1.95. The summed E-state index contributed by atoms with van der Waals surface area (Å²) in [6.07, 6.45) is 8.04. The molecule has 4 heteroatoms.